The van der Waals surface area contributed by atoms with Crippen molar-refractivity contribution in [3.8, 4) is 0 Å². The molecule has 4 rings (SSSR count). The van der Waals surface area contributed by atoms with Gasteiger partial charge in [0.15, 0.2) is 5.69 Å². The van der Waals surface area contributed by atoms with Gasteiger partial charge in [-0.15, -0.1) is 5.10 Å². The number of halogens is 2. The number of nitrogens with one attached hydrogen (secondary N) is 2. The van der Waals surface area contributed by atoms with Crippen LogP contribution in [0.1, 0.15) is 40.0 Å². The third kappa shape index (κ3) is 8.70. The van der Waals surface area contributed by atoms with Gasteiger partial charge in [0, 0.05) is 38.6 Å². The Morgan fingerprint density at radius 1 is 1.12 bits per heavy atom. The van der Waals surface area contributed by atoms with Gasteiger partial charge in [-0.05, 0) is 37.0 Å². The number of pyridine rings is 1. The van der Waals surface area contributed by atoms with Gasteiger partial charge in [-0.3, -0.25) is 19.3 Å². The Labute approximate surface area is 236 Å². The first-order chi connectivity index (χ1) is 19.6. The molecule has 0 spiro atoms. The Morgan fingerprint density at radius 3 is 2.66 bits per heavy atom. The lowest BCUT2D eigenvalue weighted by Gasteiger charge is -2.40. The average molecular weight is 569 g/mol. The second-order valence-electron chi connectivity index (χ2n) is 10.0. The second kappa shape index (κ2) is 13.2. The van der Waals surface area contributed by atoms with E-state index >= 15 is 0 Å². The number of nitrogens with two attached hydrogens (primary N) is 2. The summed E-state index contributed by atoms with van der Waals surface area (Å²) in [5, 5.41) is 14.8. The van der Waals surface area contributed by atoms with Gasteiger partial charge in [0.25, 0.3) is 17.7 Å². The van der Waals surface area contributed by atoms with Crippen molar-refractivity contribution in [1.82, 2.24) is 35.6 Å². The van der Waals surface area contributed by atoms with Crippen LogP contribution in [0.15, 0.2) is 60.8 Å². The zero-order chi connectivity index (χ0) is 29.4. The van der Waals surface area contributed by atoms with Crippen LogP contribution >= 0.6 is 0 Å². The number of hydrogen-bond acceptors (Lipinski definition) is 9. The zero-order valence-corrected chi connectivity index (χ0v) is 22.8. The number of benzene rings is 1. The largest absolute Gasteiger partial charge is 0.393 e. The second-order valence-corrected chi connectivity index (χ2v) is 10.0. The number of aromatic nitrogens is 4. The number of amides is 2. The predicted octanol–water partition coefficient (Wildman–Crippen LogP) is 1.44. The molecule has 3 heterocycles. The number of carbonyl (C=O) groups is 2. The van der Waals surface area contributed by atoms with Gasteiger partial charge < -0.3 is 26.3 Å². The van der Waals surface area contributed by atoms with Crippen molar-refractivity contribution in [2.75, 3.05) is 24.5 Å². The minimum absolute atomic E-state index is 0.0108. The van der Waals surface area contributed by atoms with Crippen LogP contribution in [0, 0.1) is 6.92 Å². The lowest BCUT2D eigenvalue weighted by atomic mass is 10.1. The number of aryl methyl sites for hydroxylation is 2. The smallest absolute Gasteiger partial charge is 0.282 e. The van der Waals surface area contributed by atoms with Gasteiger partial charge in [0.1, 0.15) is 5.70 Å². The molecule has 3 aromatic rings. The third-order valence-corrected chi connectivity index (χ3v) is 6.37. The molecule has 1 aliphatic rings. The Morgan fingerprint density at radius 2 is 1.90 bits per heavy atom. The van der Waals surface area contributed by atoms with Gasteiger partial charge in [0.2, 0.25) is 0 Å². The molecule has 2 aromatic heterocycles. The molecule has 1 aliphatic heterocycles. The molecule has 12 nitrogen and oxygen atoms in total. The van der Waals surface area contributed by atoms with E-state index in [0.717, 1.165) is 11.1 Å². The predicted molar refractivity (Wildman–Crippen MR) is 148 cm³/mol. The molecular weight excluding hydrogens is 534 g/mol. The number of hydrogen-bond donors (Lipinski definition) is 4. The van der Waals surface area contributed by atoms with Crippen LogP contribution in [0.5, 0.6) is 0 Å². The number of unbranched alkanes of at least 4 members (excludes halogenated alkanes) is 1. The maximum absolute atomic E-state index is 13.1. The molecule has 0 atom stereocenters. The highest BCUT2D eigenvalue weighted by Crippen LogP contribution is 2.31. The van der Waals surface area contributed by atoms with Gasteiger partial charge in [-0.2, -0.15) is 0 Å². The molecule has 14 heteroatoms. The summed E-state index contributed by atoms with van der Waals surface area (Å²) in [6, 6.07) is 9.54. The average Bonchev–Trinajstić information content (AvgIpc) is 3.40. The van der Waals surface area contributed by atoms with E-state index < -0.39 is 17.7 Å². The molecule has 0 saturated carbocycles. The van der Waals surface area contributed by atoms with Crippen molar-refractivity contribution >= 4 is 17.5 Å². The van der Waals surface area contributed by atoms with E-state index in [1.807, 2.05) is 31.2 Å². The van der Waals surface area contributed by atoms with E-state index in [1.54, 1.807) is 23.1 Å². The maximum atomic E-state index is 13.1. The summed E-state index contributed by atoms with van der Waals surface area (Å²) < 4.78 is 27.8. The summed E-state index contributed by atoms with van der Waals surface area (Å²) in [5.41, 5.74) is 9.40. The van der Waals surface area contributed by atoms with E-state index in [0.29, 0.717) is 43.7 Å². The molecule has 2 amide bonds. The van der Waals surface area contributed by atoms with Crippen molar-refractivity contribution < 1.29 is 18.4 Å². The first-order valence-corrected chi connectivity index (χ1v) is 13.2. The van der Waals surface area contributed by atoms with Crippen LogP contribution in [0.2, 0.25) is 0 Å². The van der Waals surface area contributed by atoms with Crippen molar-refractivity contribution in [3.63, 3.8) is 0 Å². The molecule has 0 unspecified atom stereocenters. The molecule has 218 valence electrons. The normalized spacial score (nSPS) is 14.3. The zero-order valence-electron chi connectivity index (χ0n) is 22.8. The molecular formula is C27H34F2N10O2. The Kier molecular flexibility index (Phi) is 9.45. The standard InChI is InChI=1S/C27H34F2N10O2/c1-19-5-4-6-20(9-19)12-33-25(40)23(30)15-38(31)7-2-3-8-39-16-24(35-36-39)26(41)34-13-21-10-22(14-32-11-21)37-17-27(28,29)18-37/h4-6,9-11,14-16H,2-3,7-8,12-13,17-18,30-31H2,1H3,(H,33,40)(H,34,41)/b23-15-. The van der Waals surface area contributed by atoms with Crippen LogP contribution in [0.4, 0.5) is 14.5 Å². The minimum atomic E-state index is -2.68. The number of carbonyl (C=O) groups excluding carboxylic acids is 2. The van der Waals surface area contributed by atoms with E-state index in [4.69, 9.17) is 11.6 Å². The fourth-order valence-corrected chi connectivity index (χ4v) is 4.20. The SMILES string of the molecule is Cc1cccc(CNC(=O)/C(N)=C/N(N)CCCCn2cc(C(=O)NCc3cncc(N4CC(F)(F)C4)c3)nn2)c1. The van der Waals surface area contributed by atoms with Gasteiger partial charge in [-0.1, -0.05) is 35.0 Å². The molecule has 6 N–H and O–H groups in total. The number of hydrazine groups is 1. The summed E-state index contributed by atoms with van der Waals surface area (Å²) in [7, 11) is 0. The molecule has 1 saturated heterocycles. The number of nitrogens with zero attached hydrogens (tertiary/aromatic N) is 6. The van der Waals surface area contributed by atoms with E-state index in [-0.39, 0.29) is 31.0 Å². The fraction of sp³-hybridized carbons (Fsp3) is 0.370. The first kappa shape index (κ1) is 29.4. The molecule has 1 aromatic carbocycles. The van der Waals surface area contributed by atoms with E-state index in [2.05, 4.69) is 25.9 Å². The molecule has 0 radical (unpaired) electrons. The highest BCUT2D eigenvalue weighted by Gasteiger charge is 2.44. The van der Waals surface area contributed by atoms with Crippen molar-refractivity contribution in [2.24, 2.45) is 11.6 Å². The lowest BCUT2D eigenvalue weighted by Crippen LogP contribution is -2.56. The number of anilines is 1. The number of alkyl halides is 2. The molecule has 1 fully saturated rings. The highest BCUT2D eigenvalue weighted by molar-refractivity contribution is 5.92. The van der Waals surface area contributed by atoms with Crippen LogP contribution in [-0.4, -0.2) is 62.4 Å². The van der Waals surface area contributed by atoms with Crippen LogP contribution in [0.25, 0.3) is 0 Å². The fourth-order valence-electron chi connectivity index (χ4n) is 4.20. The summed E-state index contributed by atoms with van der Waals surface area (Å²) in [6.07, 6.45) is 7.40. The summed E-state index contributed by atoms with van der Waals surface area (Å²) in [4.78, 5) is 30.3. The minimum Gasteiger partial charge on any atom is -0.393 e. The van der Waals surface area contributed by atoms with Gasteiger partial charge in [0.05, 0.1) is 31.2 Å². The van der Waals surface area contributed by atoms with Crippen LogP contribution < -0.4 is 27.1 Å². The van der Waals surface area contributed by atoms with Crippen LogP contribution in [-0.2, 0) is 24.4 Å². The Bertz CT molecular complexity index is 1390. The van der Waals surface area contributed by atoms with Crippen LogP contribution in [0.3, 0.4) is 0 Å². The highest BCUT2D eigenvalue weighted by atomic mass is 19.3. The van der Waals surface area contributed by atoms with E-state index in [1.165, 1.54) is 22.3 Å². The third-order valence-electron chi connectivity index (χ3n) is 6.37. The Hall–Kier alpha value is -4.59. The first-order valence-electron chi connectivity index (χ1n) is 13.2. The van der Waals surface area contributed by atoms with Crippen molar-refractivity contribution in [1.29, 1.82) is 0 Å². The van der Waals surface area contributed by atoms with Crippen molar-refractivity contribution in [2.45, 2.75) is 45.3 Å². The molecule has 0 bridgehead atoms. The quantitative estimate of drug-likeness (QED) is 0.104. The van der Waals surface area contributed by atoms with E-state index in [9.17, 15) is 18.4 Å². The summed E-state index contributed by atoms with van der Waals surface area (Å²) in [5.74, 6) is 2.47. The maximum Gasteiger partial charge on any atom is 0.282 e. The molecule has 41 heavy (non-hydrogen) atoms. The molecule has 0 aliphatic carbocycles. The summed E-state index contributed by atoms with van der Waals surface area (Å²) >= 11 is 0. The monoisotopic (exact) mass is 568 g/mol. The summed E-state index contributed by atoms with van der Waals surface area (Å²) in [6.45, 7) is 2.80. The van der Waals surface area contributed by atoms with Gasteiger partial charge >= 0.3 is 0 Å². The Balaban J connectivity index is 1.14. The number of rotatable bonds is 13. The topological polar surface area (TPSA) is 160 Å². The van der Waals surface area contributed by atoms with Crippen molar-refractivity contribution in [3.05, 3.63) is 83.2 Å². The van der Waals surface area contributed by atoms with Gasteiger partial charge in [-0.25, -0.2) is 14.6 Å². The lowest BCUT2D eigenvalue weighted by molar-refractivity contribution is -0.117.